The van der Waals surface area contributed by atoms with Gasteiger partial charge in [-0.15, -0.1) is 0 Å². The number of aryl methyl sites for hydroxylation is 1. The molecule has 2 aromatic heterocycles. The Kier molecular flexibility index (Phi) is 4.37. The van der Waals surface area contributed by atoms with Crippen molar-refractivity contribution in [2.75, 3.05) is 11.9 Å². The second kappa shape index (κ2) is 6.78. The Hall–Kier alpha value is -3.09. The number of nitrogens with one attached hydrogen (secondary N) is 1. The molecule has 0 saturated carbocycles. The third kappa shape index (κ3) is 3.97. The summed E-state index contributed by atoms with van der Waals surface area (Å²) in [6, 6.07) is 13.2. The maximum Gasteiger partial charge on any atom is 0.263 e. The summed E-state index contributed by atoms with van der Waals surface area (Å²) in [4.78, 5) is 12.0. The first-order valence-electron chi connectivity index (χ1n) is 7.12. The molecule has 2 heterocycles. The van der Waals surface area contributed by atoms with Crippen LogP contribution in [0.3, 0.4) is 0 Å². The number of carbonyl (C=O) groups is 1. The summed E-state index contributed by atoms with van der Waals surface area (Å²) in [7, 11) is 0. The van der Waals surface area contributed by atoms with Crippen molar-refractivity contribution in [3.8, 4) is 5.88 Å². The monoisotopic (exact) mass is 312 g/mol. The van der Waals surface area contributed by atoms with E-state index < -0.39 is 0 Å². The lowest BCUT2D eigenvalue weighted by atomic mass is 10.2. The van der Waals surface area contributed by atoms with Crippen LogP contribution < -0.4 is 10.1 Å². The molecule has 0 radical (unpaired) electrons. The number of benzene rings is 1. The highest BCUT2D eigenvalue weighted by molar-refractivity contribution is 5.91. The van der Waals surface area contributed by atoms with Crippen molar-refractivity contribution in [2.24, 2.45) is 0 Å². The molecule has 0 unspecified atom stereocenters. The van der Waals surface area contributed by atoms with Gasteiger partial charge in [0.05, 0.1) is 12.7 Å². The van der Waals surface area contributed by atoms with Gasteiger partial charge in [0.15, 0.2) is 6.61 Å². The van der Waals surface area contributed by atoms with Crippen LogP contribution >= 0.6 is 0 Å². The van der Waals surface area contributed by atoms with Gasteiger partial charge in [-0.3, -0.25) is 4.79 Å². The van der Waals surface area contributed by atoms with Gasteiger partial charge in [0.2, 0.25) is 0 Å². The van der Waals surface area contributed by atoms with Crippen molar-refractivity contribution in [1.82, 2.24) is 14.9 Å². The quantitative estimate of drug-likeness (QED) is 0.755. The maximum absolute atomic E-state index is 12.0. The van der Waals surface area contributed by atoms with E-state index in [9.17, 15) is 4.79 Å². The van der Waals surface area contributed by atoms with Gasteiger partial charge in [-0.25, -0.2) is 4.68 Å². The van der Waals surface area contributed by atoms with Crippen LogP contribution in [-0.4, -0.2) is 27.5 Å². The lowest BCUT2D eigenvalue weighted by molar-refractivity contribution is -0.118. The molecular formula is C16H16N4O3. The second-order valence-corrected chi connectivity index (χ2v) is 4.97. The molecule has 1 aromatic carbocycles. The number of amides is 1. The third-order valence-corrected chi connectivity index (χ3v) is 3.12. The standard InChI is InChI=1S/C16H16N4O3/c1-12-9-16(19-23-12)22-11-15(21)18-14-7-8-17-20(14)10-13-5-3-2-4-6-13/h2-9H,10-11H2,1H3,(H,18,21). The molecule has 3 aromatic rings. The van der Waals surface area contributed by atoms with E-state index in [1.54, 1.807) is 29.9 Å². The van der Waals surface area contributed by atoms with Crippen LogP contribution in [0.1, 0.15) is 11.3 Å². The summed E-state index contributed by atoms with van der Waals surface area (Å²) >= 11 is 0. The van der Waals surface area contributed by atoms with E-state index in [1.165, 1.54) is 0 Å². The van der Waals surface area contributed by atoms with Gasteiger partial charge in [0.1, 0.15) is 11.6 Å². The zero-order valence-corrected chi connectivity index (χ0v) is 12.6. The van der Waals surface area contributed by atoms with Crippen molar-refractivity contribution in [1.29, 1.82) is 0 Å². The third-order valence-electron chi connectivity index (χ3n) is 3.12. The second-order valence-electron chi connectivity index (χ2n) is 4.97. The van der Waals surface area contributed by atoms with E-state index in [0.29, 0.717) is 18.1 Å². The van der Waals surface area contributed by atoms with Gasteiger partial charge in [0.25, 0.3) is 11.8 Å². The van der Waals surface area contributed by atoms with Crippen LogP contribution in [0.5, 0.6) is 5.88 Å². The Labute approximate surface area is 132 Å². The molecule has 0 fully saturated rings. The van der Waals surface area contributed by atoms with Gasteiger partial charge < -0.3 is 14.6 Å². The smallest absolute Gasteiger partial charge is 0.263 e. The molecule has 7 nitrogen and oxygen atoms in total. The van der Waals surface area contributed by atoms with Gasteiger partial charge >= 0.3 is 0 Å². The van der Waals surface area contributed by atoms with Gasteiger partial charge in [-0.1, -0.05) is 30.3 Å². The predicted molar refractivity (Wildman–Crippen MR) is 83.1 cm³/mol. The van der Waals surface area contributed by atoms with E-state index in [0.717, 1.165) is 5.56 Å². The van der Waals surface area contributed by atoms with Crippen molar-refractivity contribution in [3.63, 3.8) is 0 Å². The predicted octanol–water partition coefficient (Wildman–Crippen LogP) is 2.25. The fraction of sp³-hybridized carbons (Fsp3) is 0.188. The van der Waals surface area contributed by atoms with E-state index in [1.807, 2.05) is 30.3 Å². The summed E-state index contributed by atoms with van der Waals surface area (Å²) < 4.78 is 11.8. The number of aromatic nitrogens is 3. The number of ether oxygens (including phenoxy) is 1. The topological polar surface area (TPSA) is 82.2 Å². The molecule has 0 bridgehead atoms. The van der Waals surface area contributed by atoms with E-state index in [-0.39, 0.29) is 18.4 Å². The van der Waals surface area contributed by atoms with Gasteiger partial charge in [-0.2, -0.15) is 5.10 Å². The minimum atomic E-state index is -0.291. The first-order valence-corrected chi connectivity index (χ1v) is 7.12. The van der Waals surface area contributed by atoms with Crippen molar-refractivity contribution in [3.05, 3.63) is 60.0 Å². The molecule has 0 atom stereocenters. The maximum atomic E-state index is 12.0. The highest BCUT2D eigenvalue weighted by Gasteiger charge is 2.10. The Bertz CT molecular complexity index is 779. The molecule has 0 aliphatic rings. The van der Waals surface area contributed by atoms with Crippen LogP contribution in [0, 0.1) is 6.92 Å². The molecule has 23 heavy (non-hydrogen) atoms. The summed E-state index contributed by atoms with van der Waals surface area (Å²) in [5, 5.41) is 10.6. The minimum absolute atomic E-state index is 0.150. The molecule has 0 saturated heterocycles. The van der Waals surface area contributed by atoms with Crippen LogP contribution in [0.15, 0.2) is 53.2 Å². The average molecular weight is 312 g/mol. The lowest BCUT2D eigenvalue weighted by Gasteiger charge is -2.09. The number of carbonyl (C=O) groups excluding carboxylic acids is 1. The molecule has 118 valence electrons. The first-order chi connectivity index (χ1) is 11.2. The Balaban J connectivity index is 1.57. The molecule has 7 heteroatoms. The largest absolute Gasteiger partial charge is 0.465 e. The summed E-state index contributed by atoms with van der Waals surface area (Å²) in [6.45, 7) is 2.18. The van der Waals surface area contributed by atoms with Crippen LogP contribution in [0.2, 0.25) is 0 Å². The lowest BCUT2D eigenvalue weighted by Crippen LogP contribution is -2.22. The number of hydrogen-bond donors (Lipinski definition) is 1. The Morgan fingerprint density at radius 1 is 1.30 bits per heavy atom. The number of nitrogens with zero attached hydrogens (tertiary/aromatic N) is 3. The van der Waals surface area contributed by atoms with E-state index in [4.69, 9.17) is 9.26 Å². The first kappa shape index (κ1) is 14.8. The summed E-state index contributed by atoms with van der Waals surface area (Å²) in [5.74, 6) is 1.23. The highest BCUT2D eigenvalue weighted by atomic mass is 16.5. The van der Waals surface area contributed by atoms with Crippen LogP contribution in [0.4, 0.5) is 5.82 Å². The molecule has 3 rings (SSSR count). The molecule has 0 aliphatic carbocycles. The molecule has 1 amide bonds. The summed E-state index contributed by atoms with van der Waals surface area (Å²) in [6.07, 6.45) is 1.64. The number of hydrogen-bond acceptors (Lipinski definition) is 5. The van der Waals surface area contributed by atoms with E-state index in [2.05, 4.69) is 15.6 Å². The van der Waals surface area contributed by atoms with Crippen LogP contribution in [0.25, 0.3) is 0 Å². The zero-order chi connectivity index (χ0) is 16.1. The fourth-order valence-corrected chi connectivity index (χ4v) is 2.05. The van der Waals surface area contributed by atoms with Crippen LogP contribution in [-0.2, 0) is 11.3 Å². The van der Waals surface area contributed by atoms with Gasteiger partial charge in [0, 0.05) is 12.1 Å². The SMILES string of the molecule is Cc1cc(OCC(=O)Nc2ccnn2Cc2ccccc2)no1. The Morgan fingerprint density at radius 3 is 2.87 bits per heavy atom. The van der Waals surface area contributed by atoms with Crippen molar-refractivity contribution in [2.45, 2.75) is 13.5 Å². The normalized spacial score (nSPS) is 10.5. The number of rotatable bonds is 6. The fourth-order valence-electron chi connectivity index (χ4n) is 2.05. The number of anilines is 1. The minimum Gasteiger partial charge on any atom is -0.465 e. The van der Waals surface area contributed by atoms with Gasteiger partial charge in [-0.05, 0) is 17.6 Å². The molecule has 1 N–H and O–H groups in total. The molecular weight excluding hydrogens is 296 g/mol. The zero-order valence-electron chi connectivity index (χ0n) is 12.6. The van der Waals surface area contributed by atoms with Crippen molar-refractivity contribution < 1.29 is 14.1 Å². The highest BCUT2D eigenvalue weighted by Crippen LogP contribution is 2.12. The summed E-state index contributed by atoms with van der Waals surface area (Å²) in [5.41, 5.74) is 1.10. The average Bonchev–Trinajstić information content (AvgIpc) is 3.16. The Morgan fingerprint density at radius 2 is 2.13 bits per heavy atom. The van der Waals surface area contributed by atoms with Crippen molar-refractivity contribution >= 4 is 11.7 Å². The molecule has 0 spiro atoms. The molecule has 0 aliphatic heterocycles. The van der Waals surface area contributed by atoms with E-state index >= 15 is 0 Å².